The van der Waals surface area contributed by atoms with Gasteiger partial charge < -0.3 is 0 Å². The van der Waals surface area contributed by atoms with Gasteiger partial charge in [0.2, 0.25) is 0 Å². The number of carbonyl (C=O) groups excluding carboxylic acids is 2. The molecule has 2 saturated heterocycles. The van der Waals surface area contributed by atoms with Crippen LogP contribution in [0.3, 0.4) is 0 Å². The lowest BCUT2D eigenvalue weighted by Crippen LogP contribution is -2.49. The summed E-state index contributed by atoms with van der Waals surface area (Å²) in [6, 6.07) is 6.43. The van der Waals surface area contributed by atoms with Crippen LogP contribution < -0.4 is 11.7 Å². The van der Waals surface area contributed by atoms with Gasteiger partial charge in [-0.15, -0.1) is 0 Å². The highest BCUT2D eigenvalue weighted by atomic mass is 16.1. The van der Waals surface area contributed by atoms with E-state index in [1.165, 1.54) is 0 Å². The molecule has 0 bridgehead atoms. The molecule has 2 aliphatic heterocycles. The Hall–Kier alpha value is -1.60. The van der Waals surface area contributed by atoms with Crippen LogP contribution in [0.4, 0.5) is 0 Å². The van der Waals surface area contributed by atoms with Gasteiger partial charge in [0.25, 0.3) is 0 Å². The summed E-state index contributed by atoms with van der Waals surface area (Å²) >= 11 is 0. The number of piperidine rings is 2. The second kappa shape index (κ2) is 7.53. The molecule has 4 N–H and O–H groups in total. The van der Waals surface area contributed by atoms with Crippen LogP contribution in [0.25, 0.3) is 0 Å². The largest absolute Gasteiger partial charge is 0.292 e. The summed E-state index contributed by atoms with van der Waals surface area (Å²) in [5.41, 5.74) is 1.12. The lowest BCUT2D eigenvalue weighted by molar-refractivity contribution is 0.0746. The van der Waals surface area contributed by atoms with Crippen molar-refractivity contribution in [2.45, 2.75) is 50.6 Å². The first-order valence-corrected chi connectivity index (χ1v) is 8.79. The topological polar surface area (TPSA) is 92.7 Å². The van der Waals surface area contributed by atoms with Crippen molar-refractivity contribution >= 4 is 11.6 Å². The number of Topliss-reactive ketones (excluding diaryl/α,β-unsaturated/α-hetero) is 2. The first kappa shape index (κ1) is 17.2. The number of rotatable bonds is 4. The van der Waals surface area contributed by atoms with Crippen molar-refractivity contribution in [3.05, 3.63) is 35.4 Å². The molecule has 0 aromatic heterocycles. The zero-order valence-corrected chi connectivity index (χ0v) is 14.0. The Kier molecular flexibility index (Phi) is 5.40. The molecule has 6 heteroatoms. The third kappa shape index (κ3) is 3.57. The van der Waals surface area contributed by atoms with E-state index in [0.29, 0.717) is 11.1 Å². The summed E-state index contributed by atoms with van der Waals surface area (Å²) < 4.78 is 0. The van der Waals surface area contributed by atoms with Crippen molar-refractivity contribution in [3.63, 3.8) is 0 Å². The molecule has 2 heterocycles. The van der Waals surface area contributed by atoms with E-state index in [-0.39, 0.29) is 23.7 Å². The van der Waals surface area contributed by atoms with Gasteiger partial charge in [0.15, 0.2) is 11.6 Å². The van der Waals surface area contributed by atoms with E-state index in [2.05, 4.69) is 0 Å². The van der Waals surface area contributed by atoms with Crippen LogP contribution in [0.5, 0.6) is 0 Å². The summed E-state index contributed by atoms with van der Waals surface area (Å²) in [5, 5.41) is 3.26. The molecule has 0 saturated carbocycles. The Balaban J connectivity index is 1.78. The average molecular weight is 330 g/mol. The first-order chi connectivity index (χ1) is 11.6. The molecule has 0 amide bonds. The predicted molar refractivity (Wildman–Crippen MR) is 92.2 cm³/mol. The van der Waals surface area contributed by atoms with Gasteiger partial charge in [-0.05, 0) is 31.7 Å². The molecule has 0 spiro atoms. The Morgan fingerprint density at radius 2 is 1.29 bits per heavy atom. The SMILES string of the molecule is NN1CCCCC1C(=O)c1cccc(C(=O)C2CCCCN2N)c1. The van der Waals surface area contributed by atoms with Gasteiger partial charge in [0, 0.05) is 24.2 Å². The van der Waals surface area contributed by atoms with Crippen molar-refractivity contribution in [2.75, 3.05) is 13.1 Å². The normalized spacial score (nSPS) is 26.2. The second-order valence-electron chi connectivity index (χ2n) is 6.81. The quantitative estimate of drug-likeness (QED) is 0.642. The van der Waals surface area contributed by atoms with Gasteiger partial charge in [-0.1, -0.05) is 31.0 Å². The molecule has 6 nitrogen and oxygen atoms in total. The highest BCUT2D eigenvalue weighted by molar-refractivity contribution is 6.05. The van der Waals surface area contributed by atoms with E-state index >= 15 is 0 Å². The molecule has 24 heavy (non-hydrogen) atoms. The standard InChI is InChI=1S/C18H26N4O2/c19-21-10-3-1-8-15(21)17(23)13-6-5-7-14(12-13)18(24)16-9-2-4-11-22(16)20/h5-7,12,15-16H,1-4,8-11,19-20H2. The van der Waals surface area contributed by atoms with Crippen molar-refractivity contribution in [1.82, 2.24) is 10.0 Å². The van der Waals surface area contributed by atoms with E-state index in [0.717, 1.165) is 51.6 Å². The minimum absolute atomic E-state index is 0.0000914. The third-order valence-electron chi connectivity index (χ3n) is 5.13. The minimum atomic E-state index is -0.287. The predicted octanol–water partition coefficient (Wildman–Crippen LogP) is 1.51. The Labute approximate surface area is 142 Å². The minimum Gasteiger partial charge on any atom is -0.292 e. The van der Waals surface area contributed by atoms with Crippen LogP contribution in [0.15, 0.2) is 24.3 Å². The lowest BCUT2D eigenvalue weighted by Gasteiger charge is -2.31. The van der Waals surface area contributed by atoms with Crippen LogP contribution >= 0.6 is 0 Å². The monoisotopic (exact) mass is 330 g/mol. The van der Waals surface area contributed by atoms with Crippen molar-refractivity contribution in [2.24, 2.45) is 11.7 Å². The number of hydrazine groups is 2. The van der Waals surface area contributed by atoms with E-state index in [1.807, 2.05) is 0 Å². The van der Waals surface area contributed by atoms with Crippen molar-refractivity contribution < 1.29 is 9.59 Å². The molecular weight excluding hydrogens is 304 g/mol. The van der Waals surface area contributed by atoms with Gasteiger partial charge >= 0.3 is 0 Å². The molecule has 2 unspecified atom stereocenters. The van der Waals surface area contributed by atoms with Crippen LogP contribution in [0.1, 0.15) is 59.2 Å². The molecule has 1 aromatic rings. The highest BCUT2D eigenvalue weighted by Gasteiger charge is 2.30. The van der Waals surface area contributed by atoms with Crippen LogP contribution in [-0.2, 0) is 0 Å². The van der Waals surface area contributed by atoms with Gasteiger partial charge in [-0.2, -0.15) is 0 Å². The zero-order chi connectivity index (χ0) is 17.1. The molecule has 2 atom stereocenters. The van der Waals surface area contributed by atoms with Crippen molar-refractivity contribution in [3.8, 4) is 0 Å². The maximum atomic E-state index is 12.8. The average Bonchev–Trinajstić information content (AvgIpc) is 2.61. The van der Waals surface area contributed by atoms with Gasteiger partial charge in [-0.25, -0.2) is 10.0 Å². The third-order valence-corrected chi connectivity index (χ3v) is 5.13. The summed E-state index contributed by atoms with van der Waals surface area (Å²) in [6.07, 6.45) is 5.60. The smallest absolute Gasteiger partial charge is 0.181 e. The fourth-order valence-corrected chi connectivity index (χ4v) is 3.68. The van der Waals surface area contributed by atoms with Gasteiger partial charge in [0.05, 0.1) is 12.1 Å². The number of nitrogens with zero attached hydrogens (tertiary/aromatic N) is 2. The lowest BCUT2D eigenvalue weighted by atomic mass is 9.92. The fraction of sp³-hybridized carbons (Fsp3) is 0.556. The number of ketones is 2. The van der Waals surface area contributed by atoms with Crippen LogP contribution in [0.2, 0.25) is 0 Å². The molecular formula is C18H26N4O2. The van der Waals surface area contributed by atoms with Gasteiger partial charge in [-0.3, -0.25) is 21.3 Å². The van der Waals surface area contributed by atoms with Crippen LogP contribution in [0, 0.1) is 0 Å². The molecule has 1 aromatic carbocycles. The number of carbonyl (C=O) groups is 2. The molecule has 3 rings (SSSR count). The zero-order valence-electron chi connectivity index (χ0n) is 14.0. The molecule has 2 fully saturated rings. The first-order valence-electron chi connectivity index (χ1n) is 8.79. The summed E-state index contributed by atoms with van der Waals surface area (Å²) in [6.45, 7) is 1.47. The molecule has 0 radical (unpaired) electrons. The van der Waals surface area contributed by atoms with Crippen LogP contribution in [-0.4, -0.2) is 46.8 Å². The van der Waals surface area contributed by atoms with E-state index in [9.17, 15) is 9.59 Å². The summed E-state index contributed by atoms with van der Waals surface area (Å²) in [4.78, 5) is 25.5. The Bertz CT molecular complexity index is 570. The fourth-order valence-electron chi connectivity index (χ4n) is 3.68. The van der Waals surface area contributed by atoms with Gasteiger partial charge in [0.1, 0.15) is 0 Å². The number of hydrogen-bond donors (Lipinski definition) is 2. The maximum Gasteiger partial charge on any atom is 0.181 e. The second-order valence-corrected chi connectivity index (χ2v) is 6.81. The maximum absolute atomic E-state index is 12.8. The number of benzene rings is 1. The van der Waals surface area contributed by atoms with E-state index < -0.39 is 0 Å². The number of hydrogen-bond acceptors (Lipinski definition) is 6. The molecule has 2 aliphatic rings. The summed E-state index contributed by atoms with van der Waals surface area (Å²) in [5.74, 6) is 11.9. The van der Waals surface area contributed by atoms with E-state index in [1.54, 1.807) is 34.3 Å². The Morgan fingerprint density at radius 3 is 1.71 bits per heavy atom. The molecule has 0 aliphatic carbocycles. The summed E-state index contributed by atoms with van der Waals surface area (Å²) in [7, 11) is 0. The highest BCUT2D eigenvalue weighted by Crippen LogP contribution is 2.21. The van der Waals surface area contributed by atoms with Crippen molar-refractivity contribution in [1.29, 1.82) is 0 Å². The molecule has 130 valence electrons. The number of nitrogens with two attached hydrogens (primary N) is 2. The van der Waals surface area contributed by atoms with E-state index in [4.69, 9.17) is 11.7 Å². The Morgan fingerprint density at radius 1 is 0.833 bits per heavy atom.